The summed E-state index contributed by atoms with van der Waals surface area (Å²) in [5, 5.41) is 2.19. The van der Waals surface area contributed by atoms with Gasteiger partial charge in [0.1, 0.15) is 5.58 Å². The van der Waals surface area contributed by atoms with Crippen molar-refractivity contribution in [2.75, 3.05) is 0 Å². The molecule has 4 heterocycles. The molecule has 0 N–H and O–H groups in total. The van der Waals surface area contributed by atoms with E-state index in [4.69, 9.17) is 19.1 Å². The van der Waals surface area contributed by atoms with Crippen LogP contribution in [0.5, 0.6) is 11.6 Å². The maximum atomic E-state index is 6.55. The van der Waals surface area contributed by atoms with Gasteiger partial charge in [-0.1, -0.05) is 59.7 Å². The Morgan fingerprint density at radius 3 is 2.36 bits per heavy atom. The second-order valence-electron chi connectivity index (χ2n) is 12.6. The molecule has 7 rings (SSSR count). The minimum atomic E-state index is -0.00340. The van der Waals surface area contributed by atoms with Gasteiger partial charge in [0.2, 0.25) is 5.88 Å². The maximum Gasteiger partial charge on any atom is 2.00 e. The van der Waals surface area contributed by atoms with Crippen molar-refractivity contribution < 1.29 is 30.2 Å². The molecule has 0 radical (unpaired) electrons. The summed E-state index contributed by atoms with van der Waals surface area (Å²) in [6.45, 7) is 13.2. The molecule has 0 saturated carbocycles. The number of hydrogen-bond acceptors (Lipinski definition) is 5. The number of benzene rings is 3. The number of rotatable bonds is 4. The molecule has 0 spiro atoms. The first-order valence-corrected chi connectivity index (χ1v) is 14.6. The van der Waals surface area contributed by atoms with Gasteiger partial charge < -0.3 is 9.15 Å². The molecule has 0 aliphatic carbocycles. The number of hydrogen-bond donors (Lipinski definition) is 0. The van der Waals surface area contributed by atoms with Crippen LogP contribution in [0.25, 0.3) is 53.9 Å². The number of furan rings is 1. The van der Waals surface area contributed by atoms with E-state index in [-0.39, 0.29) is 31.9 Å². The maximum absolute atomic E-state index is 6.55. The van der Waals surface area contributed by atoms with Gasteiger partial charge >= 0.3 is 21.1 Å². The molecule has 4 aromatic heterocycles. The fourth-order valence-corrected chi connectivity index (χ4v) is 6.34. The van der Waals surface area contributed by atoms with Crippen molar-refractivity contribution in [3.8, 4) is 34.1 Å². The molecule has 7 aromatic rings. The zero-order valence-corrected chi connectivity index (χ0v) is 27.5. The quantitative estimate of drug-likeness (QED) is 0.168. The van der Waals surface area contributed by atoms with Gasteiger partial charge in [-0.25, -0.2) is 10.5 Å². The Labute approximate surface area is 264 Å². The number of thiophene rings is 1. The van der Waals surface area contributed by atoms with Crippen LogP contribution in [-0.4, -0.2) is 9.97 Å². The minimum Gasteiger partial charge on any atom is -0.510 e. The zero-order valence-electron chi connectivity index (χ0n) is 24.4. The molecule has 0 unspecified atom stereocenters. The van der Waals surface area contributed by atoms with Crippen LogP contribution in [0.4, 0.5) is 0 Å². The van der Waals surface area contributed by atoms with Gasteiger partial charge in [0.05, 0.1) is 17.1 Å². The summed E-state index contributed by atoms with van der Waals surface area (Å²) in [4.78, 5) is 9.53. The summed E-state index contributed by atoms with van der Waals surface area (Å²) in [6.07, 6.45) is 1.93. The van der Waals surface area contributed by atoms with E-state index in [2.05, 4.69) is 77.9 Å². The molecule has 0 saturated heterocycles. The number of ether oxygens (including phenoxy) is 1. The Morgan fingerprint density at radius 2 is 1.62 bits per heavy atom. The Morgan fingerprint density at radius 1 is 0.833 bits per heavy atom. The monoisotopic (exact) mass is 749 g/mol. The van der Waals surface area contributed by atoms with Gasteiger partial charge in [-0.05, 0) is 50.7 Å². The van der Waals surface area contributed by atoms with Crippen molar-refractivity contribution in [2.24, 2.45) is 0 Å². The molecule has 6 heteroatoms. The van der Waals surface area contributed by atoms with Crippen LogP contribution in [-0.2, 0) is 31.9 Å². The average molecular weight is 750 g/mol. The van der Waals surface area contributed by atoms with Gasteiger partial charge in [-0.2, -0.15) is 35.1 Å². The smallest absolute Gasteiger partial charge is 0.510 e. The van der Waals surface area contributed by atoms with Crippen LogP contribution < -0.4 is 4.74 Å². The first-order chi connectivity index (χ1) is 19.6. The Hall–Kier alpha value is -3.53. The molecule has 42 heavy (non-hydrogen) atoms. The number of nitrogens with zero attached hydrogens (tertiary/aromatic N) is 2. The summed E-state index contributed by atoms with van der Waals surface area (Å²) in [5.74, 6) is 1.12. The van der Waals surface area contributed by atoms with Gasteiger partial charge in [-0.3, -0.25) is 4.98 Å². The first-order valence-electron chi connectivity index (χ1n) is 13.8. The molecule has 0 atom stereocenters. The third-order valence-electron chi connectivity index (χ3n) is 7.55. The van der Waals surface area contributed by atoms with E-state index in [0.29, 0.717) is 11.6 Å². The minimum absolute atomic E-state index is 0. The molecule has 0 aliphatic rings. The normalized spacial score (nSPS) is 12.3. The van der Waals surface area contributed by atoms with Crippen molar-refractivity contribution in [3.63, 3.8) is 0 Å². The summed E-state index contributed by atoms with van der Waals surface area (Å²) in [7, 11) is 0. The standard InChI is InChI=1S/C36H30N2O2S.Pt/c1-35(2,3)22-11-7-10-21(18-22)24-19-28(34-32-31-27(40-33(24)32)13-9-14-29(31)41-34)39-30-15-8-12-26(38-30)25-17-16-23(20-37-25)36(4,5)6;/h7-9,11-18,20H,1-6H3;/q-2;+2. The van der Waals surface area contributed by atoms with E-state index >= 15 is 0 Å². The number of pyridine rings is 2. The fraction of sp³-hybridized carbons (Fsp3) is 0.222. The summed E-state index contributed by atoms with van der Waals surface area (Å²) in [5.41, 5.74) is 7.45. The molecule has 4 nitrogen and oxygen atoms in total. The van der Waals surface area contributed by atoms with Crippen molar-refractivity contribution >= 4 is 42.7 Å². The second-order valence-corrected chi connectivity index (χ2v) is 13.6. The number of aromatic nitrogens is 2. The Bertz CT molecular complexity index is 2040. The molecular formula is C36H30N2O2PtS. The third kappa shape index (κ3) is 4.93. The van der Waals surface area contributed by atoms with Crippen molar-refractivity contribution in [1.29, 1.82) is 0 Å². The van der Waals surface area contributed by atoms with Gasteiger partial charge in [-0.15, -0.1) is 17.7 Å². The van der Waals surface area contributed by atoms with E-state index in [9.17, 15) is 0 Å². The van der Waals surface area contributed by atoms with Crippen LogP contribution in [0.3, 0.4) is 0 Å². The van der Waals surface area contributed by atoms with Gasteiger partial charge in [0, 0.05) is 27.9 Å². The van der Waals surface area contributed by atoms with Crippen LogP contribution in [0, 0.1) is 12.1 Å². The van der Waals surface area contributed by atoms with Gasteiger partial charge in [0.15, 0.2) is 0 Å². The molecule has 0 amide bonds. The van der Waals surface area contributed by atoms with E-state index in [1.807, 2.05) is 48.7 Å². The third-order valence-corrected chi connectivity index (χ3v) is 8.70. The summed E-state index contributed by atoms with van der Waals surface area (Å²) >= 11 is 1.69. The second kappa shape index (κ2) is 10.3. The SMILES string of the molecule is CC(C)(C)c1ccc(-c2cccc(Oc3[c-]c(-c4[c-]ccc(C(C)(C)C)c4)c4oc5cccc6sc3c4c56)n2)nc1.[Pt+2]. The molecule has 0 fully saturated rings. The first kappa shape index (κ1) is 28.6. The predicted octanol–water partition coefficient (Wildman–Crippen LogP) is 10.3. The van der Waals surface area contributed by atoms with Crippen molar-refractivity contribution in [3.05, 3.63) is 96.2 Å². The van der Waals surface area contributed by atoms with Crippen LogP contribution in [0.2, 0.25) is 0 Å². The molecule has 212 valence electrons. The van der Waals surface area contributed by atoms with E-state index in [1.165, 1.54) is 11.1 Å². The molecule has 0 aliphatic heterocycles. The van der Waals surface area contributed by atoms with E-state index in [0.717, 1.165) is 53.9 Å². The predicted molar refractivity (Wildman–Crippen MR) is 168 cm³/mol. The fourth-order valence-electron chi connectivity index (χ4n) is 5.19. The topological polar surface area (TPSA) is 48.2 Å². The summed E-state index contributed by atoms with van der Waals surface area (Å²) < 4.78 is 15.2. The molecule has 0 bridgehead atoms. The largest absolute Gasteiger partial charge is 2.00 e. The van der Waals surface area contributed by atoms with Crippen molar-refractivity contribution in [2.45, 2.75) is 52.4 Å². The van der Waals surface area contributed by atoms with Crippen LogP contribution in [0.15, 0.2) is 77.3 Å². The zero-order chi connectivity index (χ0) is 28.5. The van der Waals surface area contributed by atoms with Crippen molar-refractivity contribution in [1.82, 2.24) is 9.97 Å². The average Bonchev–Trinajstić information content (AvgIpc) is 3.54. The van der Waals surface area contributed by atoms with Crippen LogP contribution >= 0.6 is 11.3 Å². The summed E-state index contributed by atoms with van der Waals surface area (Å²) in [6, 6.07) is 29.4. The van der Waals surface area contributed by atoms with E-state index in [1.54, 1.807) is 11.3 Å². The Balaban J connectivity index is 0.00000316. The molecule has 3 aromatic carbocycles. The Kier molecular flexibility index (Phi) is 7.03. The van der Waals surface area contributed by atoms with Gasteiger partial charge in [0.25, 0.3) is 0 Å². The van der Waals surface area contributed by atoms with Crippen LogP contribution in [0.1, 0.15) is 52.7 Å². The van der Waals surface area contributed by atoms with E-state index < -0.39 is 0 Å². The molecular weight excluding hydrogens is 720 g/mol.